The first-order valence-electron chi connectivity index (χ1n) is 7.52. The van der Waals surface area contributed by atoms with E-state index in [0.717, 1.165) is 0 Å². The van der Waals surface area contributed by atoms with Gasteiger partial charge in [-0.3, -0.25) is 4.68 Å². The zero-order valence-electron chi connectivity index (χ0n) is 14.0. The summed E-state index contributed by atoms with van der Waals surface area (Å²) in [5.74, 6) is -0.599. The van der Waals surface area contributed by atoms with Crippen molar-refractivity contribution < 1.29 is 24.2 Å². The number of ether oxygens (including phenoxy) is 2. The van der Waals surface area contributed by atoms with E-state index in [0.29, 0.717) is 30.8 Å². The van der Waals surface area contributed by atoms with E-state index < -0.39 is 17.7 Å². The zero-order chi connectivity index (χ0) is 17.2. The summed E-state index contributed by atoms with van der Waals surface area (Å²) in [6.45, 7) is 6.39. The van der Waals surface area contributed by atoms with E-state index in [4.69, 9.17) is 9.47 Å². The Morgan fingerprint density at radius 1 is 1.30 bits per heavy atom. The Balaban J connectivity index is 2.30. The standard InChI is InChI=1S/C15H23N3O5/c1-15(2,3)23-14(21)17-6-5-7-18-11(8-17)10(9-19)12(16-18)13(20)22-4/h19H,5-9H2,1-4H3. The van der Waals surface area contributed by atoms with Crippen molar-refractivity contribution in [2.24, 2.45) is 0 Å². The van der Waals surface area contributed by atoms with Crippen molar-refractivity contribution in [2.45, 2.75) is 52.5 Å². The molecule has 8 nitrogen and oxygen atoms in total. The second-order valence-electron chi connectivity index (χ2n) is 6.40. The highest BCUT2D eigenvalue weighted by atomic mass is 16.6. The topological polar surface area (TPSA) is 93.9 Å². The summed E-state index contributed by atoms with van der Waals surface area (Å²) >= 11 is 0. The number of aromatic nitrogens is 2. The van der Waals surface area contributed by atoms with Gasteiger partial charge in [0.05, 0.1) is 26.0 Å². The molecule has 2 rings (SSSR count). The average Bonchev–Trinajstić information content (AvgIpc) is 2.67. The van der Waals surface area contributed by atoms with Crippen molar-refractivity contribution in [1.29, 1.82) is 0 Å². The van der Waals surface area contributed by atoms with Crippen molar-refractivity contribution in [1.82, 2.24) is 14.7 Å². The summed E-state index contributed by atoms with van der Waals surface area (Å²) in [4.78, 5) is 25.6. The number of amides is 1. The first-order chi connectivity index (χ1) is 10.8. The molecule has 0 saturated heterocycles. The number of hydrogen-bond donors (Lipinski definition) is 1. The molecular weight excluding hydrogens is 302 g/mol. The fraction of sp³-hybridized carbons (Fsp3) is 0.667. The first kappa shape index (κ1) is 17.3. The molecule has 8 heteroatoms. The van der Waals surface area contributed by atoms with Crippen LogP contribution in [0.2, 0.25) is 0 Å². The van der Waals surface area contributed by atoms with E-state index >= 15 is 0 Å². The fourth-order valence-corrected chi connectivity index (χ4v) is 2.48. The third-order valence-electron chi connectivity index (χ3n) is 3.49. The molecule has 0 spiro atoms. The quantitative estimate of drug-likeness (QED) is 0.824. The average molecular weight is 325 g/mol. The number of methoxy groups -OCH3 is 1. The molecule has 0 bridgehead atoms. The largest absolute Gasteiger partial charge is 0.464 e. The summed E-state index contributed by atoms with van der Waals surface area (Å²) in [7, 11) is 1.26. The lowest BCUT2D eigenvalue weighted by molar-refractivity contribution is 0.0235. The normalized spacial score (nSPS) is 14.9. The lowest BCUT2D eigenvalue weighted by Crippen LogP contribution is -2.36. The molecule has 0 atom stereocenters. The van der Waals surface area contributed by atoms with Gasteiger partial charge in [0.1, 0.15) is 5.60 Å². The van der Waals surface area contributed by atoms with Crippen molar-refractivity contribution in [3.63, 3.8) is 0 Å². The van der Waals surface area contributed by atoms with E-state index in [9.17, 15) is 14.7 Å². The lowest BCUT2D eigenvalue weighted by Gasteiger charge is -2.26. The molecule has 128 valence electrons. The third kappa shape index (κ3) is 3.82. The second kappa shape index (κ2) is 6.57. The first-order valence-corrected chi connectivity index (χ1v) is 7.52. The summed E-state index contributed by atoms with van der Waals surface area (Å²) < 4.78 is 11.8. The molecule has 1 aromatic heterocycles. The molecule has 23 heavy (non-hydrogen) atoms. The molecule has 2 heterocycles. The van der Waals surface area contributed by atoms with Crippen LogP contribution in [0.5, 0.6) is 0 Å². The van der Waals surface area contributed by atoms with Crippen LogP contribution in [0.4, 0.5) is 4.79 Å². The predicted molar refractivity (Wildman–Crippen MR) is 80.8 cm³/mol. The number of carbonyl (C=O) groups excluding carboxylic acids is 2. The van der Waals surface area contributed by atoms with Gasteiger partial charge in [0, 0.05) is 18.7 Å². The fourth-order valence-electron chi connectivity index (χ4n) is 2.48. The number of fused-ring (bicyclic) bond motifs is 1. The Labute approximate surface area is 135 Å². The van der Waals surface area contributed by atoms with Gasteiger partial charge in [0.2, 0.25) is 0 Å². The molecule has 0 radical (unpaired) electrons. The van der Waals surface area contributed by atoms with Gasteiger partial charge in [-0.25, -0.2) is 9.59 Å². The molecule has 1 aliphatic rings. The molecule has 0 unspecified atom stereocenters. The summed E-state index contributed by atoms with van der Waals surface area (Å²) in [5.41, 5.74) is 0.542. The van der Waals surface area contributed by atoms with Gasteiger partial charge in [-0.05, 0) is 27.2 Å². The van der Waals surface area contributed by atoms with E-state index in [1.54, 1.807) is 9.58 Å². The Hall–Kier alpha value is -2.09. The molecule has 0 aliphatic carbocycles. The summed E-state index contributed by atoms with van der Waals surface area (Å²) in [5, 5.41) is 13.8. The van der Waals surface area contributed by atoms with Crippen LogP contribution in [-0.4, -0.2) is 51.1 Å². The number of hydrogen-bond acceptors (Lipinski definition) is 6. The van der Waals surface area contributed by atoms with Crippen molar-refractivity contribution in [3.8, 4) is 0 Å². The summed E-state index contributed by atoms with van der Waals surface area (Å²) in [6, 6.07) is 0. The molecule has 1 aliphatic heterocycles. The Bertz CT molecular complexity index is 603. The maximum atomic E-state index is 12.3. The Morgan fingerprint density at radius 3 is 2.57 bits per heavy atom. The minimum Gasteiger partial charge on any atom is -0.464 e. The van der Waals surface area contributed by atoms with Gasteiger partial charge < -0.3 is 19.5 Å². The lowest BCUT2D eigenvalue weighted by atomic mass is 10.2. The maximum Gasteiger partial charge on any atom is 0.410 e. The molecule has 0 fully saturated rings. The van der Waals surface area contributed by atoms with Gasteiger partial charge in [-0.2, -0.15) is 5.10 Å². The van der Waals surface area contributed by atoms with Crippen LogP contribution in [0, 0.1) is 0 Å². The smallest absolute Gasteiger partial charge is 0.410 e. The highest BCUT2D eigenvalue weighted by Crippen LogP contribution is 2.22. The molecule has 1 aromatic rings. The zero-order valence-corrected chi connectivity index (χ0v) is 14.0. The molecule has 1 amide bonds. The highest BCUT2D eigenvalue weighted by molar-refractivity contribution is 5.89. The SMILES string of the molecule is COC(=O)c1nn2c(c1CO)CN(C(=O)OC(C)(C)C)CCC2. The number of esters is 1. The van der Waals surface area contributed by atoms with Gasteiger partial charge >= 0.3 is 12.1 Å². The van der Waals surface area contributed by atoms with Crippen molar-refractivity contribution >= 4 is 12.1 Å². The van der Waals surface area contributed by atoms with E-state index in [1.165, 1.54) is 7.11 Å². The number of nitrogens with zero attached hydrogens (tertiary/aromatic N) is 3. The van der Waals surface area contributed by atoms with Crippen LogP contribution in [0.25, 0.3) is 0 Å². The number of aliphatic hydroxyl groups excluding tert-OH is 1. The number of rotatable bonds is 2. The van der Waals surface area contributed by atoms with Crippen LogP contribution < -0.4 is 0 Å². The van der Waals surface area contributed by atoms with Gasteiger partial charge in [-0.1, -0.05) is 0 Å². The van der Waals surface area contributed by atoms with E-state index in [1.807, 2.05) is 20.8 Å². The van der Waals surface area contributed by atoms with Gasteiger partial charge in [0.25, 0.3) is 0 Å². The van der Waals surface area contributed by atoms with E-state index in [2.05, 4.69) is 5.10 Å². The molecule has 0 aromatic carbocycles. The van der Waals surface area contributed by atoms with Crippen LogP contribution in [0.3, 0.4) is 0 Å². The number of carbonyl (C=O) groups is 2. The minimum absolute atomic E-state index is 0.0936. The van der Waals surface area contributed by atoms with Crippen LogP contribution in [-0.2, 0) is 29.2 Å². The Kier molecular flexibility index (Phi) is 4.93. The van der Waals surface area contributed by atoms with Gasteiger partial charge in [-0.15, -0.1) is 0 Å². The van der Waals surface area contributed by atoms with Crippen molar-refractivity contribution in [3.05, 3.63) is 17.0 Å². The Morgan fingerprint density at radius 2 is 2.00 bits per heavy atom. The van der Waals surface area contributed by atoms with Crippen LogP contribution >= 0.6 is 0 Å². The maximum absolute atomic E-state index is 12.3. The number of aliphatic hydroxyl groups is 1. The molecule has 1 N–H and O–H groups in total. The third-order valence-corrected chi connectivity index (χ3v) is 3.49. The molecule has 0 saturated carbocycles. The highest BCUT2D eigenvalue weighted by Gasteiger charge is 2.29. The minimum atomic E-state index is -0.599. The second-order valence-corrected chi connectivity index (χ2v) is 6.40. The van der Waals surface area contributed by atoms with Crippen LogP contribution in [0.15, 0.2) is 0 Å². The predicted octanol–water partition coefficient (Wildman–Crippen LogP) is 1.30. The van der Waals surface area contributed by atoms with Crippen LogP contribution in [0.1, 0.15) is 48.9 Å². The van der Waals surface area contributed by atoms with E-state index in [-0.39, 0.29) is 18.8 Å². The number of aryl methyl sites for hydroxylation is 1. The van der Waals surface area contributed by atoms with Gasteiger partial charge in [0.15, 0.2) is 5.69 Å². The monoisotopic (exact) mass is 325 g/mol. The summed E-state index contributed by atoms with van der Waals surface area (Å²) in [6.07, 6.45) is 0.259. The molecular formula is C15H23N3O5. The van der Waals surface area contributed by atoms with Crippen molar-refractivity contribution in [2.75, 3.05) is 13.7 Å².